The maximum atomic E-state index is 12.2. The highest BCUT2D eigenvalue weighted by molar-refractivity contribution is 5.99. The largest absolute Gasteiger partial charge is 0.465 e. The Morgan fingerprint density at radius 3 is 2.52 bits per heavy atom. The molecule has 0 amide bonds. The van der Waals surface area contributed by atoms with E-state index in [4.69, 9.17) is 14.4 Å². The molecule has 0 aliphatic rings. The van der Waals surface area contributed by atoms with Gasteiger partial charge in [0.25, 0.3) is 0 Å². The van der Waals surface area contributed by atoms with Crippen molar-refractivity contribution in [2.75, 3.05) is 6.61 Å². The van der Waals surface area contributed by atoms with E-state index in [0.29, 0.717) is 30.6 Å². The fourth-order valence-electron chi connectivity index (χ4n) is 2.64. The maximum absolute atomic E-state index is 12.2. The lowest BCUT2D eigenvalue weighted by molar-refractivity contribution is -0.151. The van der Waals surface area contributed by atoms with Gasteiger partial charge in [-0.15, -0.1) is 0 Å². The van der Waals surface area contributed by atoms with Gasteiger partial charge in [-0.05, 0) is 31.4 Å². The first-order chi connectivity index (χ1) is 12.1. The van der Waals surface area contributed by atoms with Crippen molar-refractivity contribution in [3.8, 4) is 17.4 Å². The lowest BCUT2D eigenvalue weighted by atomic mass is 9.92. The first-order valence-electron chi connectivity index (χ1n) is 8.36. The highest BCUT2D eigenvalue weighted by Crippen LogP contribution is 2.25. The third kappa shape index (κ3) is 4.57. The van der Waals surface area contributed by atoms with Gasteiger partial charge in [0.05, 0.1) is 18.4 Å². The highest BCUT2D eigenvalue weighted by Gasteiger charge is 2.27. The van der Waals surface area contributed by atoms with Gasteiger partial charge >= 0.3 is 5.97 Å². The van der Waals surface area contributed by atoms with E-state index in [2.05, 4.69) is 6.07 Å². The summed E-state index contributed by atoms with van der Waals surface area (Å²) < 4.78 is 10.4. The zero-order valence-electron chi connectivity index (χ0n) is 14.5. The molecule has 25 heavy (non-hydrogen) atoms. The molecule has 0 aliphatic carbocycles. The van der Waals surface area contributed by atoms with E-state index in [1.54, 1.807) is 13.0 Å². The number of hydrogen-bond acceptors (Lipinski definition) is 5. The second-order valence-corrected chi connectivity index (χ2v) is 5.70. The van der Waals surface area contributed by atoms with Crippen molar-refractivity contribution in [3.63, 3.8) is 0 Å². The van der Waals surface area contributed by atoms with Crippen molar-refractivity contribution in [2.45, 2.75) is 33.1 Å². The minimum Gasteiger partial charge on any atom is -0.465 e. The second kappa shape index (κ2) is 8.84. The van der Waals surface area contributed by atoms with Crippen molar-refractivity contribution >= 4 is 11.8 Å². The average Bonchev–Trinajstić information content (AvgIpc) is 3.09. The number of nitrogens with zero attached hydrogens (tertiary/aromatic N) is 1. The molecule has 1 heterocycles. The third-order valence-corrected chi connectivity index (χ3v) is 3.90. The van der Waals surface area contributed by atoms with Crippen LogP contribution in [0.5, 0.6) is 0 Å². The normalized spacial score (nSPS) is 11.6. The molecule has 130 valence electrons. The number of esters is 1. The third-order valence-electron chi connectivity index (χ3n) is 3.90. The number of ether oxygens (including phenoxy) is 1. The minimum absolute atomic E-state index is 0.0946. The minimum atomic E-state index is -0.774. The van der Waals surface area contributed by atoms with E-state index in [-0.39, 0.29) is 12.4 Å². The number of rotatable bonds is 8. The Balaban J connectivity index is 2.18. The molecule has 0 spiro atoms. The van der Waals surface area contributed by atoms with Gasteiger partial charge in [-0.2, -0.15) is 5.26 Å². The molecular formula is C20H21NO4. The molecule has 0 saturated heterocycles. The first kappa shape index (κ1) is 18.5. The van der Waals surface area contributed by atoms with Gasteiger partial charge in [0, 0.05) is 12.0 Å². The molecule has 0 N–H and O–H groups in total. The SMILES string of the molecule is CCCC(=O)C(Cc1ccc(-c2occc2C#N)cc1)C(=O)OCC. The van der Waals surface area contributed by atoms with Gasteiger partial charge in [0.2, 0.25) is 0 Å². The fraction of sp³-hybridized carbons (Fsp3) is 0.350. The van der Waals surface area contributed by atoms with Crippen molar-refractivity contribution in [1.29, 1.82) is 5.26 Å². The second-order valence-electron chi connectivity index (χ2n) is 5.70. The molecule has 1 unspecified atom stereocenters. The van der Waals surface area contributed by atoms with Crippen LogP contribution >= 0.6 is 0 Å². The van der Waals surface area contributed by atoms with Crippen molar-refractivity contribution in [2.24, 2.45) is 5.92 Å². The van der Waals surface area contributed by atoms with Gasteiger partial charge in [0.15, 0.2) is 5.76 Å². The van der Waals surface area contributed by atoms with Crippen LogP contribution in [0.2, 0.25) is 0 Å². The molecular weight excluding hydrogens is 318 g/mol. The molecule has 2 aromatic rings. The lowest BCUT2D eigenvalue weighted by Gasteiger charge is -2.14. The molecule has 0 saturated carbocycles. The van der Waals surface area contributed by atoms with Crippen LogP contribution < -0.4 is 0 Å². The van der Waals surface area contributed by atoms with E-state index in [0.717, 1.165) is 11.1 Å². The van der Waals surface area contributed by atoms with E-state index in [1.165, 1.54) is 6.26 Å². The van der Waals surface area contributed by atoms with E-state index in [9.17, 15) is 9.59 Å². The van der Waals surface area contributed by atoms with Crippen molar-refractivity contribution in [3.05, 3.63) is 47.7 Å². The standard InChI is InChI=1S/C20H21NO4/c1-3-5-18(22)17(20(23)24-4-2)12-14-6-8-15(9-7-14)19-16(13-21)10-11-25-19/h6-11,17H,3-5,12H2,1-2H3. The Kier molecular flexibility index (Phi) is 6.53. The van der Waals surface area contributed by atoms with Gasteiger partial charge in [-0.25, -0.2) is 0 Å². The van der Waals surface area contributed by atoms with Crippen LogP contribution in [0.3, 0.4) is 0 Å². The van der Waals surface area contributed by atoms with E-state index >= 15 is 0 Å². The summed E-state index contributed by atoms with van der Waals surface area (Å²) in [6.45, 7) is 3.89. The fourth-order valence-corrected chi connectivity index (χ4v) is 2.64. The van der Waals surface area contributed by atoms with Crippen LogP contribution in [-0.2, 0) is 20.7 Å². The number of carbonyl (C=O) groups excluding carboxylic acids is 2. The number of ketones is 1. The van der Waals surface area contributed by atoms with E-state index in [1.807, 2.05) is 31.2 Å². The maximum Gasteiger partial charge on any atom is 0.316 e. The number of nitriles is 1. The van der Waals surface area contributed by atoms with Crippen LogP contribution in [0, 0.1) is 17.2 Å². The molecule has 1 atom stereocenters. The molecule has 0 aliphatic heterocycles. The summed E-state index contributed by atoms with van der Waals surface area (Å²) in [5.74, 6) is -0.826. The Morgan fingerprint density at radius 2 is 1.92 bits per heavy atom. The van der Waals surface area contributed by atoms with Crippen LogP contribution in [0.15, 0.2) is 41.0 Å². The predicted octanol–water partition coefficient (Wildman–Crippen LogP) is 3.91. The molecule has 5 heteroatoms. The summed E-state index contributed by atoms with van der Waals surface area (Å²) in [5, 5.41) is 9.07. The number of Topliss-reactive ketones (excluding diaryl/α,β-unsaturated/α-hetero) is 1. The van der Waals surface area contributed by atoms with Gasteiger partial charge in [0.1, 0.15) is 17.8 Å². The number of hydrogen-bond donors (Lipinski definition) is 0. The summed E-state index contributed by atoms with van der Waals surface area (Å²) in [6, 6.07) is 11.0. The highest BCUT2D eigenvalue weighted by atomic mass is 16.5. The molecule has 5 nitrogen and oxygen atoms in total. The summed E-state index contributed by atoms with van der Waals surface area (Å²) in [7, 11) is 0. The van der Waals surface area contributed by atoms with Gasteiger partial charge in [-0.1, -0.05) is 31.2 Å². The van der Waals surface area contributed by atoms with Gasteiger partial charge < -0.3 is 9.15 Å². The zero-order chi connectivity index (χ0) is 18.2. The van der Waals surface area contributed by atoms with E-state index < -0.39 is 11.9 Å². The summed E-state index contributed by atoms with van der Waals surface area (Å²) >= 11 is 0. The Labute approximate surface area is 147 Å². The molecule has 1 aromatic heterocycles. The average molecular weight is 339 g/mol. The topological polar surface area (TPSA) is 80.3 Å². The molecule has 0 fully saturated rings. The zero-order valence-corrected chi connectivity index (χ0v) is 14.5. The van der Waals surface area contributed by atoms with Crippen LogP contribution in [0.1, 0.15) is 37.8 Å². The number of benzene rings is 1. The summed E-state index contributed by atoms with van der Waals surface area (Å²) in [5.41, 5.74) is 2.10. The Hall–Kier alpha value is -2.87. The number of furan rings is 1. The summed E-state index contributed by atoms with van der Waals surface area (Å²) in [4.78, 5) is 24.4. The van der Waals surface area contributed by atoms with Crippen LogP contribution in [0.4, 0.5) is 0 Å². The summed E-state index contributed by atoms with van der Waals surface area (Å²) in [6.07, 6.45) is 2.84. The van der Waals surface area contributed by atoms with Crippen molar-refractivity contribution < 1.29 is 18.7 Å². The quantitative estimate of drug-likeness (QED) is 0.538. The Bertz CT molecular complexity index is 750. The molecule has 1 aromatic carbocycles. The smallest absolute Gasteiger partial charge is 0.316 e. The molecule has 0 bridgehead atoms. The lowest BCUT2D eigenvalue weighted by Crippen LogP contribution is -2.28. The molecule has 2 rings (SSSR count). The van der Waals surface area contributed by atoms with Crippen molar-refractivity contribution in [1.82, 2.24) is 0 Å². The molecule has 0 radical (unpaired) electrons. The first-order valence-corrected chi connectivity index (χ1v) is 8.36. The van der Waals surface area contributed by atoms with Crippen LogP contribution in [0.25, 0.3) is 11.3 Å². The Morgan fingerprint density at radius 1 is 1.20 bits per heavy atom. The predicted molar refractivity (Wildman–Crippen MR) is 92.6 cm³/mol. The number of carbonyl (C=O) groups is 2. The van der Waals surface area contributed by atoms with Gasteiger partial charge in [-0.3, -0.25) is 9.59 Å². The van der Waals surface area contributed by atoms with Crippen LogP contribution in [-0.4, -0.2) is 18.4 Å². The monoisotopic (exact) mass is 339 g/mol.